The van der Waals surface area contributed by atoms with Gasteiger partial charge >= 0.3 is 0 Å². The van der Waals surface area contributed by atoms with Gasteiger partial charge in [-0.15, -0.1) is 0 Å². The second kappa shape index (κ2) is 5.25. The summed E-state index contributed by atoms with van der Waals surface area (Å²) < 4.78 is 27.8. The standard InChI is InChI=1S/C9H21N3O2S/c1-8(2)12(3)15(13,14)11-9-4-6-10-7-5-9/h8-11H,4-7H2,1-3H3. The second-order valence-corrected chi connectivity index (χ2v) is 6.02. The van der Waals surface area contributed by atoms with E-state index >= 15 is 0 Å². The first-order valence-corrected chi connectivity index (χ1v) is 6.83. The molecule has 90 valence electrons. The highest BCUT2D eigenvalue weighted by atomic mass is 32.2. The Labute approximate surface area is 92.4 Å². The number of hydrogen-bond donors (Lipinski definition) is 2. The Bertz CT molecular complexity index is 284. The molecule has 0 radical (unpaired) electrons. The highest BCUT2D eigenvalue weighted by molar-refractivity contribution is 7.87. The fourth-order valence-electron chi connectivity index (χ4n) is 1.51. The van der Waals surface area contributed by atoms with Crippen LogP contribution >= 0.6 is 0 Å². The monoisotopic (exact) mass is 235 g/mol. The van der Waals surface area contributed by atoms with Gasteiger partial charge < -0.3 is 5.32 Å². The Balaban J connectivity index is 2.55. The average Bonchev–Trinajstić information content (AvgIpc) is 2.17. The van der Waals surface area contributed by atoms with Crippen molar-refractivity contribution in [2.24, 2.45) is 0 Å². The number of rotatable bonds is 4. The number of piperidine rings is 1. The quantitative estimate of drug-likeness (QED) is 0.716. The Hall–Kier alpha value is -0.170. The van der Waals surface area contributed by atoms with Crippen molar-refractivity contribution in [2.75, 3.05) is 20.1 Å². The van der Waals surface area contributed by atoms with Gasteiger partial charge in [-0.05, 0) is 39.8 Å². The van der Waals surface area contributed by atoms with Crippen molar-refractivity contribution >= 4 is 10.2 Å². The molecule has 15 heavy (non-hydrogen) atoms. The zero-order valence-corrected chi connectivity index (χ0v) is 10.5. The van der Waals surface area contributed by atoms with E-state index in [-0.39, 0.29) is 12.1 Å². The smallest absolute Gasteiger partial charge is 0.279 e. The van der Waals surface area contributed by atoms with Crippen LogP contribution < -0.4 is 10.0 Å². The molecule has 0 aromatic heterocycles. The topological polar surface area (TPSA) is 61.4 Å². The molecule has 0 unspecified atom stereocenters. The van der Waals surface area contributed by atoms with Crippen LogP contribution in [0.1, 0.15) is 26.7 Å². The minimum Gasteiger partial charge on any atom is -0.317 e. The lowest BCUT2D eigenvalue weighted by Gasteiger charge is -2.27. The third kappa shape index (κ3) is 3.71. The van der Waals surface area contributed by atoms with Gasteiger partial charge in [-0.1, -0.05) is 0 Å². The van der Waals surface area contributed by atoms with Crippen LogP contribution in [0, 0.1) is 0 Å². The summed E-state index contributed by atoms with van der Waals surface area (Å²) in [5.41, 5.74) is 0. The molecule has 0 saturated carbocycles. The van der Waals surface area contributed by atoms with E-state index in [0.29, 0.717) is 0 Å². The summed E-state index contributed by atoms with van der Waals surface area (Å²) in [6.07, 6.45) is 1.73. The molecule has 1 rings (SSSR count). The molecule has 1 fully saturated rings. The summed E-state index contributed by atoms with van der Waals surface area (Å²) in [4.78, 5) is 0. The molecule has 6 heteroatoms. The van der Waals surface area contributed by atoms with Gasteiger partial charge in [0.15, 0.2) is 0 Å². The van der Waals surface area contributed by atoms with Crippen LogP contribution in [0.3, 0.4) is 0 Å². The van der Waals surface area contributed by atoms with E-state index in [1.165, 1.54) is 4.31 Å². The van der Waals surface area contributed by atoms with E-state index in [1.54, 1.807) is 7.05 Å². The summed E-state index contributed by atoms with van der Waals surface area (Å²) in [5.74, 6) is 0. The van der Waals surface area contributed by atoms with E-state index in [1.807, 2.05) is 13.8 Å². The zero-order valence-electron chi connectivity index (χ0n) is 9.66. The zero-order chi connectivity index (χ0) is 11.5. The van der Waals surface area contributed by atoms with E-state index in [4.69, 9.17) is 0 Å². The van der Waals surface area contributed by atoms with Crippen molar-refractivity contribution in [3.8, 4) is 0 Å². The molecule has 0 aliphatic carbocycles. The van der Waals surface area contributed by atoms with Crippen molar-refractivity contribution in [1.82, 2.24) is 14.3 Å². The molecule has 0 aromatic rings. The minimum absolute atomic E-state index is 0.00999. The normalized spacial score (nSPS) is 20.1. The molecular weight excluding hydrogens is 214 g/mol. The van der Waals surface area contributed by atoms with Gasteiger partial charge in [0.2, 0.25) is 0 Å². The van der Waals surface area contributed by atoms with Crippen molar-refractivity contribution in [3.63, 3.8) is 0 Å². The molecule has 1 saturated heterocycles. The summed E-state index contributed by atoms with van der Waals surface area (Å²) in [6, 6.07) is 0.0710. The molecule has 0 spiro atoms. The van der Waals surface area contributed by atoms with Crippen LogP contribution in [0.25, 0.3) is 0 Å². The molecule has 0 atom stereocenters. The predicted octanol–water partition coefficient (Wildman–Crippen LogP) is -0.0870. The Morgan fingerprint density at radius 2 is 1.87 bits per heavy atom. The van der Waals surface area contributed by atoms with Gasteiger partial charge in [-0.25, -0.2) is 0 Å². The minimum atomic E-state index is -3.30. The number of nitrogens with zero attached hydrogens (tertiary/aromatic N) is 1. The summed E-state index contributed by atoms with van der Waals surface area (Å²) in [7, 11) is -1.70. The summed E-state index contributed by atoms with van der Waals surface area (Å²) in [5, 5.41) is 3.20. The van der Waals surface area contributed by atoms with Crippen LogP contribution in [0.4, 0.5) is 0 Å². The first kappa shape index (κ1) is 12.9. The van der Waals surface area contributed by atoms with Crippen molar-refractivity contribution in [3.05, 3.63) is 0 Å². The first-order valence-electron chi connectivity index (χ1n) is 5.39. The highest BCUT2D eigenvalue weighted by Gasteiger charge is 2.24. The Kier molecular flexibility index (Phi) is 4.51. The van der Waals surface area contributed by atoms with E-state index in [9.17, 15) is 8.42 Å². The first-order chi connectivity index (χ1) is 6.93. The van der Waals surface area contributed by atoms with Gasteiger partial charge in [0.1, 0.15) is 0 Å². The van der Waals surface area contributed by atoms with E-state index in [2.05, 4.69) is 10.0 Å². The fraction of sp³-hybridized carbons (Fsp3) is 1.00. The van der Waals surface area contributed by atoms with Crippen LogP contribution in [-0.4, -0.2) is 44.9 Å². The maximum atomic E-state index is 11.8. The molecule has 5 nitrogen and oxygen atoms in total. The van der Waals surface area contributed by atoms with Crippen LogP contribution in [0.15, 0.2) is 0 Å². The lowest BCUT2D eigenvalue weighted by molar-refractivity contribution is 0.376. The van der Waals surface area contributed by atoms with Crippen molar-refractivity contribution < 1.29 is 8.42 Å². The van der Waals surface area contributed by atoms with Crippen LogP contribution in [0.5, 0.6) is 0 Å². The lowest BCUT2D eigenvalue weighted by atomic mass is 10.1. The molecule has 1 aliphatic rings. The molecule has 1 heterocycles. The maximum Gasteiger partial charge on any atom is 0.279 e. The second-order valence-electron chi connectivity index (χ2n) is 4.26. The molecule has 0 aromatic carbocycles. The highest BCUT2D eigenvalue weighted by Crippen LogP contribution is 2.07. The SMILES string of the molecule is CC(C)N(C)S(=O)(=O)NC1CCNCC1. The molecule has 0 amide bonds. The van der Waals surface area contributed by atoms with E-state index in [0.717, 1.165) is 25.9 Å². The average molecular weight is 235 g/mol. The molecular formula is C9H21N3O2S. The number of nitrogens with one attached hydrogen (secondary N) is 2. The van der Waals surface area contributed by atoms with Gasteiger partial charge in [-0.3, -0.25) is 0 Å². The Morgan fingerprint density at radius 1 is 1.33 bits per heavy atom. The lowest BCUT2D eigenvalue weighted by Crippen LogP contribution is -2.49. The molecule has 1 aliphatic heterocycles. The Morgan fingerprint density at radius 3 is 2.33 bits per heavy atom. The van der Waals surface area contributed by atoms with Gasteiger partial charge in [0.05, 0.1) is 0 Å². The van der Waals surface area contributed by atoms with Gasteiger partial charge in [0.25, 0.3) is 10.2 Å². The van der Waals surface area contributed by atoms with Gasteiger partial charge in [-0.2, -0.15) is 17.4 Å². The summed E-state index contributed by atoms with van der Waals surface area (Å²) in [6.45, 7) is 5.50. The fourth-order valence-corrected chi connectivity index (χ4v) is 2.89. The van der Waals surface area contributed by atoms with Crippen LogP contribution in [0.2, 0.25) is 0 Å². The van der Waals surface area contributed by atoms with Crippen LogP contribution in [-0.2, 0) is 10.2 Å². The van der Waals surface area contributed by atoms with Gasteiger partial charge in [0, 0.05) is 19.1 Å². The summed E-state index contributed by atoms with van der Waals surface area (Å²) >= 11 is 0. The largest absolute Gasteiger partial charge is 0.317 e. The predicted molar refractivity (Wildman–Crippen MR) is 60.8 cm³/mol. The third-order valence-corrected chi connectivity index (χ3v) is 4.57. The van der Waals surface area contributed by atoms with E-state index < -0.39 is 10.2 Å². The number of hydrogen-bond acceptors (Lipinski definition) is 3. The molecule has 0 bridgehead atoms. The van der Waals surface area contributed by atoms with Crippen molar-refractivity contribution in [1.29, 1.82) is 0 Å². The third-order valence-electron chi connectivity index (χ3n) is 2.76. The molecule has 2 N–H and O–H groups in total. The van der Waals surface area contributed by atoms with Crippen molar-refractivity contribution in [2.45, 2.75) is 38.8 Å². The maximum absolute atomic E-state index is 11.8.